The van der Waals surface area contributed by atoms with Gasteiger partial charge in [0.15, 0.2) is 0 Å². The van der Waals surface area contributed by atoms with Gasteiger partial charge in [0.1, 0.15) is 6.54 Å². The molecule has 0 aliphatic carbocycles. The fraction of sp³-hybridized carbons (Fsp3) is 0.0476. The molecule has 6 nitrogen and oxygen atoms in total. The Hall–Kier alpha value is -2.87. The normalized spacial score (nSPS) is 11.4. The van der Waals surface area contributed by atoms with Crippen molar-refractivity contribution in [3.8, 4) is 0 Å². The van der Waals surface area contributed by atoms with Crippen molar-refractivity contribution in [2.75, 3.05) is 10.8 Å². The molecule has 0 bridgehead atoms. The number of hydrazone groups is 1. The van der Waals surface area contributed by atoms with Crippen LogP contribution in [0, 0.1) is 0 Å². The average molecular weight is 462 g/mol. The van der Waals surface area contributed by atoms with Crippen molar-refractivity contribution in [3.63, 3.8) is 0 Å². The van der Waals surface area contributed by atoms with Crippen LogP contribution in [-0.4, -0.2) is 27.1 Å². The van der Waals surface area contributed by atoms with E-state index in [9.17, 15) is 13.2 Å². The van der Waals surface area contributed by atoms with Crippen molar-refractivity contribution >= 4 is 51.0 Å². The number of nitrogens with one attached hydrogen (secondary N) is 1. The van der Waals surface area contributed by atoms with Gasteiger partial charge in [-0.05, 0) is 42.5 Å². The molecule has 0 radical (unpaired) electrons. The number of anilines is 1. The fourth-order valence-electron chi connectivity index (χ4n) is 2.56. The number of sulfonamides is 1. The second-order valence-electron chi connectivity index (χ2n) is 6.12. The van der Waals surface area contributed by atoms with Crippen LogP contribution in [0.5, 0.6) is 0 Å². The molecule has 0 saturated heterocycles. The Bertz CT molecular complexity index is 1150. The van der Waals surface area contributed by atoms with Crippen LogP contribution in [0.3, 0.4) is 0 Å². The Labute approximate surface area is 184 Å². The number of hydrogen-bond donors (Lipinski definition) is 1. The van der Waals surface area contributed by atoms with Gasteiger partial charge in [-0.25, -0.2) is 13.8 Å². The van der Waals surface area contributed by atoms with Gasteiger partial charge in [0.05, 0.1) is 16.8 Å². The summed E-state index contributed by atoms with van der Waals surface area (Å²) in [7, 11) is -3.99. The molecular weight excluding hydrogens is 445 g/mol. The number of nitrogens with zero attached hydrogens (tertiary/aromatic N) is 2. The van der Waals surface area contributed by atoms with Crippen LogP contribution in [0.4, 0.5) is 5.69 Å². The van der Waals surface area contributed by atoms with Crippen molar-refractivity contribution in [1.29, 1.82) is 0 Å². The van der Waals surface area contributed by atoms with Gasteiger partial charge >= 0.3 is 0 Å². The molecule has 30 heavy (non-hydrogen) atoms. The molecule has 9 heteroatoms. The van der Waals surface area contributed by atoms with E-state index in [1.807, 2.05) is 0 Å². The minimum atomic E-state index is -3.99. The summed E-state index contributed by atoms with van der Waals surface area (Å²) in [5, 5.41) is 4.79. The van der Waals surface area contributed by atoms with Crippen LogP contribution in [0.1, 0.15) is 5.56 Å². The third kappa shape index (κ3) is 5.38. The van der Waals surface area contributed by atoms with Crippen LogP contribution in [-0.2, 0) is 14.8 Å². The maximum absolute atomic E-state index is 13.2. The predicted molar refractivity (Wildman–Crippen MR) is 120 cm³/mol. The summed E-state index contributed by atoms with van der Waals surface area (Å²) < 4.78 is 27.3. The standard InChI is InChI=1S/C21H17Cl2N3O3S/c22-17-10-12-18(13-11-17)26(30(28,29)19-7-2-1-3-8-19)15-21(27)25-24-14-16-6-4-5-9-20(16)23/h1-14H,15H2,(H,25,27)/b24-14-. The van der Waals surface area contributed by atoms with Crippen molar-refractivity contribution in [2.24, 2.45) is 5.10 Å². The molecule has 1 N–H and O–H groups in total. The molecule has 0 heterocycles. The maximum Gasteiger partial charge on any atom is 0.264 e. The van der Waals surface area contributed by atoms with E-state index >= 15 is 0 Å². The molecule has 3 aromatic carbocycles. The zero-order valence-electron chi connectivity index (χ0n) is 15.6. The SMILES string of the molecule is O=C(CN(c1ccc(Cl)cc1)S(=O)(=O)c1ccccc1)N/N=C\c1ccccc1Cl. The van der Waals surface area contributed by atoms with Crippen molar-refractivity contribution in [3.05, 3.63) is 94.5 Å². The molecule has 3 rings (SSSR count). The van der Waals surface area contributed by atoms with E-state index in [2.05, 4.69) is 10.5 Å². The molecular formula is C21H17Cl2N3O3S. The largest absolute Gasteiger partial charge is 0.271 e. The highest BCUT2D eigenvalue weighted by molar-refractivity contribution is 7.92. The Morgan fingerprint density at radius 3 is 2.23 bits per heavy atom. The first-order chi connectivity index (χ1) is 14.4. The molecule has 3 aromatic rings. The van der Waals surface area contributed by atoms with Crippen molar-refractivity contribution < 1.29 is 13.2 Å². The first-order valence-corrected chi connectivity index (χ1v) is 11.0. The lowest BCUT2D eigenvalue weighted by molar-refractivity contribution is -0.119. The van der Waals surface area contributed by atoms with Gasteiger partial charge in [0.2, 0.25) is 0 Å². The molecule has 0 fully saturated rings. The van der Waals surface area contributed by atoms with Gasteiger partial charge in [-0.2, -0.15) is 5.10 Å². The first-order valence-electron chi connectivity index (χ1n) is 8.78. The van der Waals surface area contributed by atoms with Gasteiger partial charge in [-0.15, -0.1) is 0 Å². The molecule has 0 aliphatic heterocycles. The number of benzene rings is 3. The highest BCUT2D eigenvalue weighted by atomic mass is 35.5. The quantitative estimate of drug-likeness (QED) is 0.419. The number of amides is 1. The van der Waals surface area contributed by atoms with Gasteiger partial charge in [0, 0.05) is 15.6 Å². The van der Waals surface area contributed by atoms with E-state index < -0.39 is 22.5 Å². The molecule has 0 atom stereocenters. The minimum Gasteiger partial charge on any atom is -0.271 e. The molecule has 0 saturated carbocycles. The zero-order valence-corrected chi connectivity index (χ0v) is 17.9. The predicted octanol–water partition coefficient (Wildman–Crippen LogP) is 4.34. The van der Waals surface area contributed by atoms with Crippen LogP contribution in [0.15, 0.2) is 88.9 Å². The minimum absolute atomic E-state index is 0.0623. The summed E-state index contributed by atoms with van der Waals surface area (Å²) in [6.07, 6.45) is 1.39. The second-order valence-corrected chi connectivity index (χ2v) is 8.82. The molecule has 0 spiro atoms. The topological polar surface area (TPSA) is 78.8 Å². The number of rotatable bonds is 7. The van der Waals surface area contributed by atoms with E-state index in [-0.39, 0.29) is 4.90 Å². The summed E-state index contributed by atoms with van der Waals surface area (Å²) >= 11 is 12.0. The van der Waals surface area contributed by atoms with Crippen LogP contribution < -0.4 is 9.73 Å². The first kappa shape index (κ1) is 21.8. The smallest absolute Gasteiger partial charge is 0.264 e. The molecule has 0 unspecified atom stereocenters. The van der Waals surface area contributed by atoms with Gasteiger partial charge < -0.3 is 0 Å². The van der Waals surface area contributed by atoms with Gasteiger partial charge in [-0.1, -0.05) is 59.6 Å². The van der Waals surface area contributed by atoms with E-state index in [1.165, 1.54) is 30.5 Å². The van der Waals surface area contributed by atoms with Crippen molar-refractivity contribution in [2.45, 2.75) is 4.90 Å². The summed E-state index contributed by atoms with van der Waals surface area (Å²) in [5.74, 6) is -0.618. The van der Waals surface area contributed by atoms with Gasteiger partial charge in [-0.3, -0.25) is 9.10 Å². The fourth-order valence-corrected chi connectivity index (χ4v) is 4.31. The summed E-state index contributed by atoms with van der Waals surface area (Å²) in [6.45, 7) is -0.473. The van der Waals surface area contributed by atoms with Crippen LogP contribution >= 0.6 is 23.2 Å². The number of carbonyl (C=O) groups is 1. The van der Waals surface area contributed by atoms with E-state index in [0.29, 0.717) is 21.3 Å². The lowest BCUT2D eigenvalue weighted by atomic mass is 10.2. The second kappa shape index (κ2) is 9.75. The van der Waals surface area contributed by atoms with E-state index in [1.54, 1.807) is 54.6 Å². The highest BCUT2D eigenvalue weighted by Gasteiger charge is 2.27. The van der Waals surface area contributed by atoms with E-state index in [0.717, 1.165) is 4.31 Å². The highest BCUT2D eigenvalue weighted by Crippen LogP contribution is 2.25. The lowest BCUT2D eigenvalue weighted by Gasteiger charge is -2.23. The van der Waals surface area contributed by atoms with Crippen LogP contribution in [0.2, 0.25) is 10.0 Å². The Morgan fingerprint density at radius 2 is 1.57 bits per heavy atom. The molecule has 154 valence electrons. The number of carbonyl (C=O) groups excluding carboxylic acids is 1. The van der Waals surface area contributed by atoms with Gasteiger partial charge in [0.25, 0.3) is 15.9 Å². The van der Waals surface area contributed by atoms with Crippen LogP contribution in [0.25, 0.3) is 0 Å². The Kier molecular flexibility index (Phi) is 7.10. The molecule has 1 amide bonds. The Balaban J connectivity index is 1.83. The van der Waals surface area contributed by atoms with E-state index in [4.69, 9.17) is 23.2 Å². The van der Waals surface area contributed by atoms with Crippen molar-refractivity contribution in [1.82, 2.24) is 5.43 Å². The monoisotopic (exact) mass is 461 g/mol. The Morgan fingerprint density at radius 1 is 0.933 bits per heavy atom. The molecule has 0 aromatic heterocycles. The number of hydrogen-bond acceptors (Lipinski definition) is 4. The third-order valence-electron chi connectivity index (χ3n) is 4.03. The zero-order chi connectivity index (χ0) is 21.6. The maximum atomic E-state index is 13.2. The number of halogens is 2. The third-order valence-corrected chi connectivity index (χ3v) is 6.42. The molecule has 0 aliphatic rings. The lowest BCUT2D eigenvalue weighted by Crippen LogP contribution is -2.39. The summed E-state index contributed by atoms with van der Waals surface area (Å²) in [4.78, 5) is 12.5. The summed E-state index contributed by atoms with van der Waals surface area (Å²) in [5.41, 5.74) is 3.25. The average Bonchev–Trinajstić information content (AvgIpc) is 2.75. The summed E-state index contributed by atoms with van der Waals surface area (Å²) in [6, 6.07) is 21.0.